The van der Waals surface area contributed by atoms with Gasteiger partial charge < -0.3 is 4.74 Å². The summed E-state index contributed by atoms with van der Waals surface area (Å²) in [6, 6.07) is 9.65. The highest BCUT2D eigenvalue weighted by Gasteiger charge is 2.34. The molecule has 124 valence electrons. The van der Waals surface area contributed by atoms with Crippen molar-refractivity contribution in [3.63, 3.8) is 0 Å². The molecule has 0 saturated carbocycles. The van der Waals surface area contributed by atoms with Crippen LogP contribution in [0.5, 0.6) is 0 Å². The van der Waals surface area contributed by atoms with Crippen LogP contribution in [0.2, 0.25) is 0 Å². The molecule has 2 atom stereocenters. The van der Waals surface area contributed by atoms with Crippen molar-refractivity contribution in [2.45, 2.75) is 37.4 Å². The number of hydrogen-bond acceptors (Lipinski definition) is 4. The van der Waals surface area contributed by atoms with Gasteiger partial charge >= 0.3 is 0 Å². The van der Waals surface area contributed by atoms with E-state index in [1.165, 1.54) is 10.5 Å². The molecule has 0 unspecified atom stereocenters. The molecule has 1 fully saturated rings. The first-order chi connectivity index (χ1) is 11.0. The van der Waals surface area contributed by atoms with E-state index in [1.807, 2.05) is 44.2 Å². The molecule has 1 aromatic carbocycles. The fourth-order valence-corrected chi connectivity index (χ4v) is 4.32. The predicted octanol–water partition coefficient (Wildman–Crippen LogP) is 1.73. The van der Waals surface area contributed by atoms with Crippen LogP contribution in [0.4, 0.5) is 0 Å². The van der Waals surface area contributed by atoms with E-state index in [9.17, 15) is 8.42 Å². The Morgan fingerprint density at radius 1 is 1.26 bits per heavy atom. The molecule has 6 nitrogen and oxygen atoms in total. The first-order valence-electron chi connectivity index (χ1n) is 7.66. The summed E-state index contributed by atoms with van der Waals surface area (Å²) in [7, 11) is -3.55. The van der Waals surface area contributed by atoms with Crippen molar-refractivity contribution in [1.82, 2.24) is 14.1 Å². The maximum Gasteiger partial charge on any atom is 0.246 e. The van der Waals surface area contributed by atoms with Crippen LogP contribution in [0.3, 0.4) is 0 Å². The largest absolute Gasteiger partial charge is 0.375 e. The highest BCUT2D eigenvalue weighted by atomic mass is 32.2. The predicted molar refractivity (Wildman–Crippen MR) is 86.5 cm³/mol. The van der Waals surface area contributed by atoms with Gasteiger partial charge in [-0.25, -0.2) is 8.42 Å². The van der Waals surface area contributed by atoms with Crippen molar-refractivity contribution < 1.29 is 13.2 Å². The van der Waals surface area contributed by atoms with Gasteiger partial charge in [0.2, 0.25) is 10.0 Å². The van der Waals surface area contributed by atoms with Crippen molar-refractivity contribution >= 4 is 10.0 Å². The van der Waals surface area contributed by atoms with E-state index in [1.54, 1.807) is 10.9 Å². The standard InChI is InChI=1S/C16H21N3O3S/c1-13-12-22-14(2)9-19(13)23(20,21)16-8-17-18(11-16)10-15-6-4-3-5-7-15/h3-8,11,13-14H,9-10,12H2,1-2H3/t13-,14+/m1/s1. The summed E-state index contributed by atoms with van der Waals surface area (Å²) >= 11 is 0. The van der Waals surface area contributed by atoms with Crippen LogP contribution >= 0.6 is 0 Å². The van der Waals surface area contributed by atoms with Crippen LogP contribution in [0.25, 0.3) is 0 Å². The molecule has 0 N–H and O–H groups in total. The second kappa shape index (κ2) is 6.43. The zero-order valence-electron chi connectivity index (χ0n) is 13.3. The minimum absolute atomic E-state index is 0.0969. The number of ether oxygens (including phenoxy) is 1. The third-order valence-electron chi connectivity index (χ3n) is 3.95. The van der Waals surface area contributed by atoms with E-state index < -0.39 is 10.0 Å². The van der Waals surface area contributed by atoms with Crippen LogP contribution in [-0.2, 0) is 21.3 Å². The van der Waals surface area contributed by atoms with Gasteiger partial charge in [-0.2, -0.15) is 9.40 Å². The first-order valence-corrected chi connectivity index (χ1v) is 9.10. The normalized spacial score (nSPS) is 23.0. The Hall–Kier alpha value is -1.70. The lowest BCUT2D eigenvalue weighted by Gasteiger charge is -2.35. The van der Waals surface area contributed by atoms with Crippen LogP contribution in [0, 0.1) is 0 Å². The SMILES string of the molecule is C[C@@H]1CO[C@@H](C)CN1S(=O)(=O)c1cnn(Cc2ccccc2)c1. The Kier molecular flexibility index (Phi) is 4.52. The number of nitrogens with zero attached hydrogens (tertiary/aromatic N) is 3. The maximum absolute atomic E-state index is 12.8. The van der Waals surface area contributed by atoms with Crippen molar-refractivity contribution in [3.05, 3.63) is 48.3 Å². The van der Waals surface area contributed by atoms with E-state index >= 15 is 0 Å². The van der Waals surface area contributed by atoms with E-state index in [-0.39, 0.29) is 17.0 Å². The number of aromatic nitrogens is 2. The topological polar surface area (TPSA) is 64.4 Å². The van der Waals surface area contributed by atoms with Crippen molar-refractivity contribution in [3.8, 4) is 0 Å². The van der Waals surface area contributed by atoms with Gasteiger partial charge in [-0.15, -0.1) is 0 Å². The molecular weight excluding hydrogens is 314 g/mol. The smallest absolute Gasteiger partial charge is 0.246 e. The maximum atomic E-state index is 12.8. The lowest BCUT2D eigenvalue weighted by molar-refractivity contribution is -0.0170. The fraction of sp³-hybridized carbons (Fsp3) is 0.438. The molecule has 0 radical (unpaired) electrons. The number of benzene rings is 1. The van der Waals surface area contributed by atoms with Gasteiger partial charge in [0.05, 0.1) is 25.5 Å². The molecule has 1 aliphatic rings. The molecule has 1 saturated heterocycles. The summed E-state index contributed by atoms with van der Waals surface area (Å²) in [5, 5.41) is 4.20. The van der Waals surface area contributed by atoms with Crippen LogP contribution < -0.4 is 0 Å². The molecular formula is C16H21N3O3S. The Morgan fingerprint density at radius 3 is 2.74 bits per heavy atom. The molecule has 3 rings (SSSR count). The lowest BCUT2D eigenvalue weighted by Crippen LogP contribution is -2.49. The van der Waals surface area contributed by atoms with Gasteiger partial charge in [0.25, 0.3) is 0 Å². The van der Waals surface area contributed by atoms with E-state index in [4.69, 9.17) is 4.74 Å². The van der Waals surface area contributed by atoms with Crippen molar-refractivity contribution in [1.29, 1.82) is 0 Å². The molecule has 7 heteroatoms. The van der Waals surface area contributed by atoms with E-state index in [0.717, 1.165) is 5.56 Å². The summed E-state index contributed by atoms with van der Waals surface area (Å²) in [6.45, 7) is 5.07. The molecule has 2 heterocycles. The van der Waals surface area contributed by atoms with Gasteiger partial charge in [0, 0.05) is 18.8 Å². The second-order valence-electron chi connectivity index (χ2n) is 5.93. The molecule has 0 aliphatic carbocycles. The van der Waals surface area contributed by atoms with Gasteiger partial charge in [0.15, 0.2) is 0 Å². The number of sulfonamides is 1. The average Bonchev–Trinajstić information content (AvgIpc) is 3.00. The molecule has 0 spiro atoms. The highest BCUT2D eigenvalue weighted by molar-refractivity contribution is 7.89. The number of rotatable bonds is 4. The third-order valence-corrected chi connectivity index (χ3v) is 5.89. The monoisotopic (exact) mass is 335 g/mol. The minimum atomic E-state index is -3.55. The molecule has 23 heavy (non-hydrogen) atoms. The first kappa shape index (κ1) is 16.2. The third kappa shape index (κ3) is 3.46. The summed E-state index contributed by atoms with van der Waals surface area (Å²) in [4.78, 5) is 0.231. The summed E-state index contributed by atoms with van der Waals surface area (Å²) in [5.74, 6) is 0. The molecule has 0 amide bonds. The minimum Gasteiger partial charge on any atom is -0.375 e. The molecule has 2 aromatic rings. The van der Waals surface area contributed by atoms with Gasteiger partial charge in [-0.05, 0) is 19.4 Å². The molecule has 1 aromatic heterocycles. The zero-order valence-corrected chi connectivity index (χ0v) is 14.1. The van der Waals surface area contributed by atoms with Crippen LogP contribution in [0.15, 0.2) is 47.6 Å². The molecule has 1 aliphatic heterocycles. The number of morpholine rings is 1. The summed E-state index contributed by atoms with van der Waals surface area (Å²) in [5.41, 5.74) is 1.08. The fourth-order valence-electron chi connectivity index (χ4n) is 2.68. The summed E-state index contributed by atoms with van der Waals surface area (Å²) < 4.78 is 34.3. The van der Waals surface area contributed by atoms with E-state index in [0.29, 0.717) is 19.7 Å². The molecule has 0 bridgehead atoms. The Labute approximate surface area is 136 Å². The van der Waals surface area contributed by atoms with Crippen LogP contribution in [0.1, 0.15) is 19.4 Å². The highest BCUT2D eigenvalue weighted by Crippen LogP contribution is 2.22. The van der Waals surface area contributed by atoms with E-state index in [2.05, 4.69) is 5.10 Å². The zero-order chi connectivity index (χ0) is 16.4. The lowest BCUT2D eigenvalue weighted by atomic mass is 10.2. The quantitative estimate of drug-likeness (QED) is 0.853. The van der Waals surface area contributed by atoms with Gasteiger partial charge in [-0.3, -0.25) is 4.68 Å². The average molecular weight is 335 g/mol. The van der Waals surface area contributed by atoms with Gasteiger partial charge in [-0.1, -0.05) is 30.3 Å². The summed E-state index contributed by atoms with van der Waals surface area (Å²) in [6.07, 6.45) is 2.92. The Bertz CT molecular complexity index is 758. The second-order valence-corrected chi connectivity index (χ2v) is 7.82. The van der Waals surface area contributed by atoms with Crippen LogP contribution in [-0.4, -0.2) is 47.8 Å². The van der Waals surface area contributed by atoms with Crippen molar-refractivity contribution in [2.75, 3.05) is 13.2 Å². The van der Waals surface area contributed by atoms with Crippen molar-refractivity contribution in [2.24, 2.45) is 0 Å². The Morgan fingerprint density at radius 2 is 2.00 bits per heavy atom. The van der Waals surface area contributed by atoms with Gasteiger partial charge in [0.1, 0.15) is 4.90 Å². The number of hydrogen-bond donors (Lipinski definition) is 0. The Balaban J connectivity index is 1.81.